The van der Waals surface area contributed by atoms with Gasteiger partial charge in [0, 0.05) is 30.3 Å². The lowest BCUT2D eigenvalue weighted by Crippen LogP contribution is -2.40. The number of amides is 1. The van der Waals surface area contributed by atoms with Gasteiger partial charge in [0.1, 0.15) is 11.6 Å². The molecule has 1 atom stereocenters. The molecule has 7 heteroatoms. The Morgan fingerprint density at radius 3 is 2.75 bits per heavy atom. The Morgan fingerprint density at radius 1 is 1.06 bits per heavy atom. The van der Waals surface area contributed by atoms with Gasteiger partial charge in [0.25, 0.3) is 5.91 Å². The summed E-state index contributed by atoms with van der Waals surface area (Å²) in [6, 6.07) is 14.3. The third-order valence-corrected chi connectivity index (χ3v) is 6.71. The van der Waals surface area contributed by atoms with Crippen molar-refractivity contribution in [3.63, 3.8) is 0 Å². The second-order valence-corrected chi connectivity index (χ2v) is 8.75. The lowest BCUT2D eigenvalue weighted by molar-refractivity contribution is 0.0697. The van der Waals surface area contributed by atoms with E-state index in [-0.39, 0.29) is 17.6 Å². The van der Waals surface area contributed by atoms with Gasteiger partial charge in [-0.15, -0.1) is 0 Å². The van der Waals surface area contributed by atoms with E-state index in [0.717, 1.165) is 72.5 Å². The minimum absolute atomic E-state index is 0.00942. The molecule has 6 rings (SSSR count). The van der Waals surface area contributed by atoms with Gasteiger partial charge in [-0.1, -0.05) is 12.1 Å². The number of imidazole rings is 1. The van der Waals surface area contributed by atoms with Gasteiger partial charge < -0.3 is 9.88 Å². The zero-order valence-corrected chi connectivity index (χ0v) is 17.7. The van der Waals surface area contributed by atoms with Crippen LogP contribution in [0.3, 0.4) is 0 Å². The molecule has 0 bridgehead atoms. The summed E-state index contributed by atoms with van der Waals surface area (Å²) in [6.07, 6.45) is 4.70. The van der Waals surface area contributed by atoms with Gasteiger partial charge in [-0.05, 0) is 68.5 Å². The molecule has 0 spiro atoms. The van der Waals surface area contributed by atoms with Gasteiger partial charge in [0.2, 0.25) is 0 Å². The molecule has 6 nitrogen and oxygen atoms in total. The number of fused-ring (bicyclic) bond motifs is 2. The number of H-pyrrole nitrogens is 1. The van der Waals surface area contributed by atoms with E-state index >= 15 is 0 Å². The monoisotopic (exact) mass is 429 g/mol. The minimum Gasteiger partial charge on any atom is -0.342 e. The fraction of sp³-hybridized carbons (Fsp3) is 0.320. The van der Waals surface area contributed by atoms with Crippen LogP contribution in [0.4, 0.5) is 4.39 Å². The smallest absolute Gasteiger partial charge is 0.274 e. The Bertz CT molecular complexity index is 1270. The van der Waals surface area contributed by atoms with Crippen molar-refractivity contribution >= 4 is 16.9 Å². The highest BCUT2D eigenvalue weighted by Crippen LogP contribution is 2.31. The van der Waals surface area contributed by atoms with Crippen molar-refractivity contribution in [2.75, 3.05) is 13.1 Å². The van der Waals surface area contributed by atoms with Gasteiger partial charge in [-0.25, -0.2) is 14.1 Å². The van der Waals surface area contributed by atoms with Crippen molar-refractivity contribution in [3.05, 3.63) is 77.1 Å². The molecule has 1 amide bonds. The number of carbonyl (C=O) groups excluding carboxylic acids is 1. The van der Waals surface area contributed by atoms with Gasteiger partial charge in [-0.2, -0.15) is 5.10 Å². The number of nitrogens with one attached hydrogen (secondary N) is 1. The van der Waals surface area contributed by atoms with Crippen LogP contribution < -0.4 is 0 Å². The van der Waals surface area contributed by atoms with Gasteiger partial charge in [0.15, 0.2) is 5.69 Å². The number of para-hydroxylation sites is 2. The van der Waals surface area contributed by atoms with Crippen molar-refractivity contribution in [2.45, 2.75) is 38.0 Å². The predicted molar refractivity (Wildman–Crippen MR) is 120 cm³/mol. The summed E-state index contributed by atoms with van der Waals surface area (Å²) in [5.41, 5.74) is 5.45. The van der Waals surface area contributed by atoms with Gasteiger partial charge in [0.05, 0.1) is 16.7 Å². The lowest BCUT2D eigenvalue weighted by atomic mass is 9.97. The maximum absolute atomic E-state index is 13.6. The molecule has 2 aromatic carbocycles. The number of carbonyl (C=O) groups is 1. The second-order valence-electron chi connectivity index (χ2n) is 8.75. The number of benzene rings is 2. The Balaban J connectivity index is 1.29. The van der Waals surface area contributed by atoms with Crippen LogP contribution >= 0.6 is 0 Å². The van der Waals surface area contributed by atoms with Crippen molar-refractivity contribution in [1.82, 2.24) is 24.6 Å². The van der Waals surface area contributed by atoms with Crippen LogP contribution in [0.15, 0.2) is 48.5 Å². The second kappa shape index (κ2) is 7.58. The highest BCUT2D eigenvalue weighted by molar-refractivity contribution is 5.94. The summed E-state index contributed by atoms with van der Waals surface area (Å²) < 4.78 is 15.2. The third-order valence-electron chi connectivity index (χ3n) is 6.71. The number of likely N-dealkylation sites (tertiary alicyclic amines) is 1. The summed E-state index contributed by atoms with van der Waals surface area (Å²) in [4.78, 5) is 23.7. The first-order chi connectivity index (χ1) is 15.7. The molecule has 1 aliphatic carbocycles. The third kappa shape index (κ3) is 3.20. The fourth-order valence-corrected chi connectivity index (χ4v) is 5.11. The average Bonchev–Trinajstić information content (AvgIpc) is 3.54. The van der Waals surface area contributed by atoms with E-state index in [4.69, 9.17) is 10.1 Å². The molecule has 162 valence electrons. The molecule has 2 aliphatic rings. The zero-order valence-electron chi connectivity index (χ0n) is 17.7. The van der Waals surface area contributed by atoms with E-state index in [2.05, 4.69) is 4.98 Å². The number of rotatable bonds is 3. The molecule has 0 radical (unpaired) electrons. The molecule has 1 aliphatic heterocycles. The minimum atomic E-state index is -0.279. The number of piperidine rings is 1. The van der Waals surface area contributed by atoms with Crippen LogP contribution in [0.2, 0.25) is 0 Å². The van der Waals surface area contributed by atoms with Crippen LogP contribution in [0.25, 0.3) is 16.7 Å². The van der Waals surface area contributed by atoms with E-state index in [0.29, 0.717) is 12.2 Å². The maximum Gasteiger partial charge on any atom is 0.274 e. The van der Waals surface area contributed by atoms with Crippen LogP contribution in [-0.2, 0) is 12.8 Å². The lowest BCUT2D eigenvalue weighted by Gasteiger charge is -2.31. The number of aromatic nitrogens is 4. The van der Waals surface area contributed by atoms with E-state index in [1.165, 1.54) is 12.1 Å². The standard InChI is InChI=1S/C25H24FN5O/c26-17-10-12-18(13-11-17)31-22-9-3-6-19(22)23(29-31)25(32)30-14-4-5-16(15-30)24-27-20-7-1-2-8-21(20)28-24/h1-2,7-8,10-13,16H,3-6,9,14-15H2,(H,27,28)/t16-/m0/s1. The van der Waals surface area contributed by atoms with Crippen molar-refractivity contribution in [3.8, 4) is 5.69 Å². The fourth-order valence-electron chi connectivity index (χ4n) is 5.11. The Kier molecular flexibility index (Phi) is 4.56. The molecular weight excluding hydrogens is 405 g/mol. The highest BCUT2D eigenvalue weighted by Gasteiger charge is 2.33. The summed E-state index contributed by atoms with van der Waals surface area (Å²) in [6.45, 7) is 1.37. The first-order valence-electron chi connectivity index (χ1n) is 11.3. The van der Waals surface area contributed by atoms with Crippen LogP contribution in [0.1, 0.15) is 52.8 Å². The summed E-state index contributed by atoms with van der Waals surface area (Å²) in [7, 11) is 0. The summed E-state index contributed by atoms with van der Waals surface area (Å²) >= 11 is 0. The first kappa shape index (κ1) is 19.2. The molecule has 1 saturated heterocycles. The van der Waals surface area contributed by atoms with Crippen molar-refractivity contribution in [2.24, 2.45) is 0 Å². The van der Waals surface area contributed by atoms with Crippen LogP contribution in [0.5, 0.6) is 0 Å². The normalized spacial score (nSPS) is 18.3. The number of aromatic amines is 1. The van der Waals surface area contributed by atoms with Crippen LogP contribution in [-0.4, -0.2) is 43.6 Å². The van der Waals surface area contributed by atoms with Crippen LogP contribution in [0, 0.1) is 5.82 Å². The number of nitrogens with zero attached hydrogens (tertiary/aromatic N) is 4. The van der Waals surface area contributed by atoms with Gasteiger partial charge in [-0.3, -0.25) is 4.79 Å². The number of hydrogen-bond acceptors (Lipinski definition) is 3. The summed E-state index contributed by atoms with van der Waals surface area (Å²) in [5, 5.41) is 4.72. The maximum atomic E-state index is 13.6. The molecule has 32 heavy (non-hydrogen) atoms. The van der Waals surface area contributed by atoms with Crippen molar-refractivity contribution < 1.29 is 9.18 Å². The molecule has 2 aromatic heterocycles. The molecule has 1 N–H and O–H groups in total. The molecular formula is C25H24FN5O. The number of hydrogen-bond donors (Lipinski definition) is 1. The van der Waals surface area contributed by atoms with Gasteiger partial charge >= 0.3 is 0 Å². The first-order valence-corrected chi connectivity index (χ1v) is 11.3. The quantitative estimate of drug-likeness (QED) is 0.525. The highest BCUT2D eigenvalue weighted by atomic mass is 19.1. The summed E-state index contributed by atoms with van der Waals surface area (Å²) in [5.74, 6) is 0.849. The topological polar surface area (TPSA) is 66.8 Å². The van der Waals surface area contributed by atoms with E-state index in [1.54, 1.807) is 12.1 Å². The average molecular weight is 429 g/mol. The largest absolute Gasteiger partial charge is 0.342 e. The Labute approximate surface area is 185 Å². The number of halogens is 1. The predicted octanol–water partition coefficient (Wildman–Crippen LogP) is 4.40. The molecule has 1 fully saturated rings. The van der Waals surface area contributed by atoms with E-state index < -0.39 is 0 Å². The Morgan fingerprint density at radius 2 is 1.91 bits per heavy atom. The molecule has 0 saturated carbocycles. The van der Waals surface area contributed by atoms with E-state index in [9.17, 15) is 9.18 Å². The molecule has 3 heterocycles. The Hall–Kier alpha value is -3.48. The molecule has 4 aromatic rings. The van der Waals surface area contributed by atoms with Crippen molar-refractivity contribution in [1.29, 1.82) is 0 Å². The SMILES string of the molecule is O=C(c1nn(-c2ccc(F)cc2)c2c1CCC2)N1CCC[C@H](c2nc3ccccc3[nH]2)C1. The zero-order chi connectivity index (χ0) is 21.7. The molecule has 0 unspecified atom stereocenters. The van der Waals surface area contributed by atoms with E-state index in [1.807, 2.05) is 33.8 Å².